The molecule has 0 heterocycles. The molecule has 3 rings (SSSR count). The van der Waals surface area contributed by atoms with Crippen molar-refractivity contribution >= 4 is 45.0 Å². The second kappa shape index (κ2) is 9.93. The average Bonchev–Trinajstić information content (AvgIpc) is 2.74. The number of nitrogens with two attached hydrogens (primary N) is 1. The number of alkyl halides is 6. The van der Waals surface area contributed by atoms with Gasteiger partial charge in [-0.05, 0) is 54.1 Å². The number of urea groups is 1. The van der Waals surface area contributed by atoms with E-state index in [1.54, 1.807) is 0 Å². The summed E-state index contributed by atoms with van der Waals surface area (Å²) in [5.41, 5.74) is -0.713. The smallest absolute Gasteiger partial charge is 0.416 e. The molecular weight excluding hydrogens is 577 g/mol. The number of carbonyl (C=O) groups excluding carboxylic acids is 1. The molecule has 0 unspecified atom stereocenters. The normalized spacial score (nSPS) is 12.4. The third kappa shape index (κ3) is 6.57. The molecule has 0 saturated heterocycles. The van der Waals surface area contributed by atoms with Crippen molar-refractivity contribution in [3.63, 3.8) is 0 Å². The average molecular weight is 589 g/mol. The van der Waals surface area contributed by atoms with E-state index in [0.29, 0.717) is 18.2 Å². The highest BCUT2D eigenvalue weighted by atomic mass is 35.5. The van der Waals surface area contributed by atoms with Crippen LogP contribution >= 0.6 is 23.2 Å². The molecular formula is C21H12Cl2F6N2O5S. The summed E-state index contributed by atoms with van der Waals surface area (Å²) in [6.45, 7) is 0. The maximum Gasteiger partial charge on any atom is 0.416 e. The van der Waals surface area contributed by atoms with E-state index in [1.807, 2.05) is 5.32 Å². The molecule has 0 aliphatic heterocycles. The zero-order valence-corrected chi connectivity index (χ0v) is 20.0. The lowest BCUT2D eigenvalue weighted by Crippen LogP contribution is -2.21. The fraction of sp³-hybridized carbons (Fsp3) is 0.0952. The van der Waals surface area contributed by atoms with Gasteiger partial charge in [0, 0.05) is 10.6 Å². The molecule has 0 aliphatic rings. The number of amides is 2. The van der Waals surface area contributed by atoms with Gasteiger partial charge in [0.1, 0.15) is 10.6 Å². The van der Waals surface area contributed by atoms with Crippen molar-refractivity contribution in [2.24, 2.45) is 5.73 Å². The Morgan fingerprint density at radius 2 is 1.43 bits per heavy atom. The highest BCUT2D eigenvalue weighted by Crippen LogP contribution is 2.49. The first-order valence-corrected chi connectivity index (χ1v) is 11.7. The van der Waals surface area contributed by atoms with E-state index in [9.17, 15) is 44.1 Å². The molecule has 7 nitrogen and oxygen atoms in total. The molecule has 198 valence electrons. The molecule has 0 aliphatic carbocycles. The Labute approximate surface area is 214 Å². The van der Waals surface area contributed by atoms with Gasteiger partial charge in [-0.1, -0.05) is 23.2 Å². The molecule has 0 atom stereocenters. The molecule has 0 bridgehead atoms. The zero-order chi connectivity index (χ0) is 27.9. The highest BCUT2D eigenvalue weighted by Gasteiger charge is 2.38. The summed E-state index contributed by atoms with van der Waals surface area (Å²) in [5, 5.41) is 1.36. The maximum atomic E-state index is 13.4. The summed E-state index contributed by atoms with van der Waals surface area (Å²) < 4.78 is 120. The van der Waals surface area contributed by atoms with Crippen molar-refractivity contribution < 1.29 is 48.8 Å². The third-order valence-corrected chi connectivity index (χ3v) is 6.04. The molecule has 37 heavy (non-hydrogen) atoms. The number of rotatable bonds is 5. The number of halogens is 8. The Balaban J connectivity index is 2.46. The summed E-state index contributed by atoms with van der Waals surface area (Å²) in [4.78, 5) is 10.7. The zero-order valence-electron chi connectivity index (χ0n) is 17.7. The van der Waals surface area contributed by atoms with Crippen molar-refractivity contribution in [2.45, 2.75) is 17.2 Å². The fourth-order valence-electron chi connectivity index (χ4n) is 3.15. The van der Waals surface area contributed by atoms with Crippen LogP contribution in [0.1, 0.15) is 11.1 Å². The standard InChI is InChI=1S/C21H12Cl2F6N2O5S/c22-12-1-3-13(4-2-12)36-18-15(37(33,34)35)8-14(23)16(17(18)31-19(30)32)9-5-10(20(24,25)26)7-11(6-9)21(27,28)29/h1-8H,(H3,30,31,32)(H,33,34,35). The van der Waals surface area contributed by atoms with E-state index in [-0.39, 0.29) is 16.8 Å². The summed E-state index contributed by atoms with van der Waals surface area (Å²) >= 11 is 11.9. The van der Waals surface area contributed by atoms with E-state index >= 15 is 0 Å². The highest BCUT2D eigenvalue weighted by molar-refractivity contribution is 7.86. The van der Waals surface area contributed by atoms with Crippen LogP contribution in [0.4, 0.5) is 36.8 Å². The van der Waals surface area contributed by atoms with Crippen LogP contribution in [0.3, 0.4) is 0 Å². The van der Waals surface area contributed by atoms with Crippen LogP contribution in [0.15, 0.2) is 53.4 Å². The SMILES string of the molecule is NC(=O)Nc1c(Oc2ccc(Cl)cc2)c(S(=O)(=O)O)cc(Cl)c1-c1cc(C(F)(F)F)cc(C(F)(F)F)c1. The van der Waals surface area contributed by atoms with E-state index in [2.05, 4.69) is 0 Å². The van der Waals surface area contributed by atoms with Crippen molar-refractivity contribution in [3.8, 4) is 22.6 Å². The van der Waals surface area contributed by atoms with Crippen LogP contribution in [-0.2, 0) is 22.5 Å². The van der Waals surface area contributed by atoms with Crippen LogP contribution in [-0.4, -0.2) is 19.0 Å². The Kier molecular flexibility index (Phi) is 7.61. The van der Waals surface area contributed by atoms with Crippen molar-refractivity contribution in [2.75, 3.05) is 5.32 Å². The lowest BCUT2D eigenvalue weighted by molar-refractivity contribution is -0.143. The number of anilines is 1. The first-order chi connectivity index (χ1) is 16.9. The first kappa shape index (κ1) is 28.4. The van der Waals surface area contributed by atoms with Gasteiger partial charge in [0.15, 0.2) is 5.75 Å². The number of carbonyl (C=O) groups is 1. The second-order valence-electron chi connectivity index (χ2n) is 7.25. The van der Waals surface area contributed by atoms with Gasteiger partial charge >= 0.3 is 18.4 Å². The van der Waals surface area contributed by atoms with Gasteiger partial charge < -0.3 is 15.8 Å². The van der Waals surface area contributed by atoms with Gasteiger partial charge in [-0.2, -0.15) is 34.8 Å². The number of benzene rings is 3. The van der Waals surface area contributed by atoms with Crippen LogP contribution in [0.2, 0.25) is 10.0 Å². The molecule has 0 saturated carbocycles. The van der Waals surface area contributed by atoms with Gasteiger partial charge in [-0.15, -0.1) is 0 Å². The number of primary amides is 1. The topological polar surface area (TPSA) is 119 Å². The third-order valence-electron chi connectivity index (χ3n) is 4.63. The Bertz CT molecular complexity index is 1440. The molecule has 16 heteroatoms. The molecule has 3 aromatic carbocycles. The number of hydrogen-bond acceptors (Lipinski definition) is 4. The van der Waals surface area contributed by atoms with E-state index in [1.165, 1.54) is 24.3 Å². The molecule has 3 aromatic rings. The van der Waals surface area contributed by atoms with E-state index in [4.69, 9.17) is 33.7 Å². The summed E-state index contributed by atoms with van der Waals surface area (Å²) in [6.07, 6.45) is -10.5. The Morgan fingerprint density at radius 1 is 0.919 bits per heavy atom. The minimum atomic E-state index is -5.24. The number of hydrogen-bond donors (Lipinski definition) is 3. The quantitative estimate of drug-likeness (QED) is 0.214. The predicted octanol–water partition coefficient (Wildman–Crippen LogP) is 7.23. The van der Waals surface area contributed by atoms with E-state index < -0.39 is 72.1 Å². The monoisotopic (exact) mass is 588 g/mol. The van der Waals surface area contributed by atoms with Gasteiger partial charge in [0.05, 0.1) is 21.8 Å². The van der Waals surface area contributed by atoms with Crippen LogP contribution in [0.5, 0.6) is 11.5 Å². The molecule has 0 radical (unpaired) electrons. The number of ether oxygens (including phenoxy) is 1. The van der Waals surface area contributed by atoms with Crippen LogP contribution < -0.4 is 15.8 Å². The van der Waals surface area contributed by atoms with Gasteiger partial charge in [0.2, 0.25) is 0 Å². The van der Waals surface area contributed by atoms with Crippen molar-refractivity contribution in [1.29, 1.82) is 0 Å². The molecule has 2 amide bonds. The van der Waals surface area contributed by atoms with Gasteiger partial charge in [0.25, 0.3) is 10.1 Å². The second-order valence-corrected chi connectivity index (χ2v) is 9.48. The molecule has 4 N–H and O–H groups in total. The van der Waals surface area contributed by atoms with Gasteiger partial charge in [-0.25, -0.2) is 4.79 Å². The van der Waals surface area contributed by atoms with Crippen molar-refractivity contribution in [1.82, 2.24) is 0 Å². The minimum absolute atomic E-state index is 0.143. The molecule has 0 spiro atoms. The first-order valence-electron chi connectivity index (χ1n) is 9.51. The molecule has 0 fully saturated rings. The lowest BCUT2D eigenvalue weighted by atomic mass is 9.97. The van der Waals surface area contributed by atoms with E-state index in [0.717, 1.165) is 0 Å². The van der Waals surface area contributed by atoms with Crippen LogP contribution in [0, 0.1) is 0 Å². The van der Waals surface area contributed by atoms with Gasteiger partial charge in [-0.3, -0.25) is 4.55 Å². The fourth-order valence-corrected chi connectivity index (χ4v) is 4.29. The molecule has 0 aromatic heterocycles. The maximum absolute atomic E-state index is 13.4. The summed E-state index contributed by atoms with van der Waals surface area (Å²) in [7, 11) is -5.19. The Morgan fingerprint density at radius 3 is 1.86 bits per heavy atom. The summed E-state index contributed by atoms with van der Waals surface area (Å²) in [6, 6.07) is 4.56. The lowest BCUT2D eigenvalue weighted by Gasteiger charge is -2.21. The largest absolute Gasteiger partial charge is 0.454 e. The number of nitrogens with one attached hydrogen (secondary N) is 1. The summed E-state index contributed by atoms with van der Waals surface area (Å²) in [5.74, 6) is -1.07. The van der Waals surface area contributed by atoms with Crippen LogP contribution in [0.25, 0.3) is 11.1 Å². The Hall–Kier alpha value is -3.20. The predicted molar refractivity (Wildman–Crippen MR) is 121 cm³/mol. The van der Waals surface area contributed by atoms with Crippen molar-refractivity contribution in [3.05, 3.63) is 69.7 Å². The minimum Gasteiger partial charge on any atom is -0.454 e.